The topological polar surface area (TPSA) is 205 Å². The van der Waals surface area contributed by atoms with Crippen molar-refractivity contribution in [3.05, 3.63) is 63.4 Å². The average Bonchev–Trinajstić information content (AvgIpc) is 3.25. The van der Waals surface area contributed by atoms with Crippen molar-refractivity contribution >= 4 is 67.2 Å². The summed E-state index contributed by atoms with van der Waals surface area (Å²) < 4.78 is 33.2. The molecule has 0 radical (unpaired) electrons. The predicted octanol–water partition coefficient (Wildman–Crippen LogP) is 0.989. The highest BCUT2D eigenvalue weighted by Gasteiger charge is 2.26. The Bertz CT molecular complexity index is 1420. The smallest absolute Gasteiger partial charge is 0.323 e. The van der Waals surface area contributed by atoms with E-state index in [0.29, 0.717) is 16.5 Å². The van der Waals surface area contributed by atoms with Gasteiger partial charge in [-0.3, -0.25) is 19.8 Å². The van der Waals surface area contributed by atoms with E-state index in [-0.39, 0.29) is 29.5 Å². The molecule has 0 aliphatic heterocycles. The Hall–Kier alpha value is -3.50. The van der Waals surface area contributed by atoms with E-state index in [1.165, 1.54) is 18.2 Å². The molecule has 0 aliphatic carbocycles. The van der Waals surface area contributed by atoms with Crippen molar-refractivity contribution < 1.29 is 32.3 Å². The van der Waals surface area contributed by atoms with Crippen LogP contribution in [0.2, 0.25) is 0 Å². The maximum absolute atomic E-state index is 12.4. The summed E-state index contributed by atoms with van der Waals surface area (Å²) in [7, 11) is -4.12. The number of fused-ring (bicyclic) bond motifs is 1. The van der Waals surface area contributed by atoms with Crippen LogP contribution in [-0.4, -0.2) is 56.3 Å². The molecule has 0 fully saturated rings. The molecule has 7 N–H and O–H groups in total. The van der Waals surface area contributed by atoms with E-state index >= 15 is 0 Å². The van der Waals surface area contributed by atoms with Crippen molar-refractivity contribution in [3.63, 3.8) is 0 Å². The van der Waals surface area contributed by atoms with Gasteiger partial charge in [0.05, 0.1) is 4.90 Å². The Morgan fingerprint density at radius 2 is 1.78 bits per heavy atom. The molecule has 0 bridgehead atoms. The number of rotatable bonds is 11. The molecule has 0 saturated carbocycles. The van der Waals surface area contributed by atoms with Crippen molar-refractivity contribution in [1.29, 1.82) is 5.41 Å². The molecule has 14 heteroatoms. The van der Waals surface area contributed by atoms with Gasteiger partial charge in [-0.05, 0) is 71.1 Å². The van der Waals surface area contributed by atoms with Crippen LogP contribution >= 0.6 is 22.6 Å². The van der Waals surface area contributed by atoms with E-state index < -0.39 is 40.4 Å². The lowest BCUT2D eigenvalue weighted by molar-refractivity contribution is -0.138. The van der Waals surface area contributed by atoms with Crippen LogP contribution in [0.25, 0.3) is 11.0 Å². The number of nitrogens with one attached hydrogen (secondary N) is 4. The van der Waals surface area contributed by atoms with E-state index in [9.17, 15) is 27.9 Å². The van der Waals surface area contributed by atoms with Crippen LogP contribution in [0.3, 0.4) is 0 Å². The van der Waals surface area contributed by atoms with Gasteiger partial charge in [-0.15, -0.1) is 0 Å². The number of furan rings is 1. The second-order valence-electron chi connectivity index (χ2n) is 7.55. The molecule has 0 unspecified atom stereocenters. The van der Waals surface area contributed by atoms with Crippen molar-refractivity contribution in [2.45, 2.75) is 17.4 Å². The van der Waals surface area contributed by atoms with Crippen molar-refractivity contribution in [2.75, 3.05) is 13.1 Å². The van der Waals surface area contributed by atoms with Crippen LogP contribution in [0.4, 0.5) is 0 Å². The Balaban J connectivity index is 1.50. The van der Waals surface area contributed by atoms with Gasteiger partial charge in [0.1, 0.15) is 17.5 Å². The maximum Gasteiger partial charge on any atom is 0.323 e. The fourth-order valence-electron chi connectivity index (χ4n) is 3.05. The molecule has 12 nitrogen and oxygen atoms in total. The number of hydrogen-bond donors (Lipinski definition) is 6. The van der Waals surface area contributed by atoms with Crippen molar-refractivity contribution in [3.8, 4) is 0 Å². The van der Waals surface area contributed by atoms with Gasteiger partial charge in [-0.1, -0.05) is 0 Å². The highest BCUT2D eigenvalue weighted by molar-refractivity contribution is 14.1. The number of carbonyl (C=O) groups excluding carboxylic acids is 2. The van der Waals surface area contributed by atoms with E-state index in [1.54, 1.807) is 30.3 Å². The molecule has 2 amide bonds. The molecule has 0 spiro atoms. The molecule has 1 aromatic heterocycles. The first-order valence-corrected chi connectivity index (χ1v) is 13.0. The van der Waals surface area contributed by atoms with E-state index in [1.807, 2.05) is 22.6 Å². The lowest BCUT2D eigenvalue weighted by Crippen LogP contribution is -2.48. The first kappa shape index (κ1) is 27.1. The molecule has 1 heterocycles. The van der Waals surface area contributed by atoms with Gasteiger partial charge < -0.3 is 25.9 Å². The summed E-state index contributed by atoms with van der Waals surface area (Å²) in [6.07, 6.45) is -0.184. The van der Waals surface area contributed by atoms with Gasteiger partial charge in [-0.25, -0.2) is 8.42 Å². The Morgan fingerprint density at radius 3 is 2.42 bits per heavy atom. The summed E-state index contributed by atoms with van der Waals surface area (Å²) in [6.45, 7) is -0.569. The number of nitrogens with two attached hydrogens (primary N) is 1. The molecule has 36 heavy (non-hydrogen) atoms. The molecule has 0 saturated heterocycles. The summed E-state index contributed by atoms with van der Waals surface area (Å²) in [5.41, 5.74) is 6.36. The summed E-state index contributed by atoms with van der Waals surface area (Å²) >= 11 is 2.01. The highest BCUT2D eigenvalue weighted by atomic mass is 127. The van der Waals surface area contributed by atoms with E-state index in [2.05, 4.69) is 15.4 Å². The molecule has 3 aromatic rings. The summed E-state index contributed by atoms with van der Waals surface area (Å²) in [6, 6.07) is 10.5. The Morgan fingerprint density at radius 1 is 1.08 bits per heavy atom. The first-order chi connectivity index (χ1) is 17.0. The Kier molecular flexibility index (Phi) is 8.65. The summed E-state index contributed by atoms with van der Waals surface area (Å²) in [5, 5.41) is 22.3. The molecule has 3 rings (SSSR count). The summed E-state index contributed by atoms with van der Waals surface area (Å²) in [4.78, 5) is 35.8. The van der Waals surface area contributed by atoms with Crippen molar-refractivity contribution in [2.24, 2.45) is 5.73 Å². The number of hydrogen-bond acceptors (Lipinski definition) is 7. The second kappa shape index (κ2) is 11.5. The quantitative estimate of drug-likeness (QED) is 0.103. The molecule has 190 valence electrons. The molecule has 2 aromatic carbocycles. The number of nitrogen functional groups attached to an aromatic ring is 1. The number of amides is 2. The van der Waals surface area contributed by atoms with Crippen LogP contribution in [0.15, 0.2) is 57.8 Å². The van der Waals surface area contributed by atoms with E-state index in [0.717, 1.165) is 3.57 Å². The molecule has 0 aliphatic rings. The minimum absolute atomic E-state index is 0.00191. The predicted molar refractivity (Wildman–Crippen MR) is 138 cm³/mol. The number of benzene rings is 2. The molecule has 1 atom stereocenters. The van der Waals surface area contributed by atoms with Crippen LogP contribution in [-0.2, 0) is 19.6 Å². The van der Waals surface area contributed by atoms with Gasteiger partial charge in [0.15, 0.2) is 5.76 Å². The third kappa shape index (κ3) is 7.02. The fraction of sp³-hybridized carbons (Fsp3) is 0.182. The number of halogens is 1. The number of amidine groups is 1. The standard InChI is InChI=1S/C22H22IN5O7S/c23-14-2-4-15(5-3-14)36(33,34)28-16(22(31)32)11-27-19(29)7-8-26-21(30)18-10-13-9-12(20(24)25)1-6-17(13)35-18/h1-6,9-10,16,28H,7-8,11H2,(H3,24,25)(H,26,30)(H,27,29)(H,31,32)/t16-/m0/s1. The van der Waals surface area contributed by atoms with Gasteiger partial charge >= 0.3 is 5.97 Å². The van der Waals surface area contributed by atoms with Gasteiger partial charge in [0.25, 0.3) is 5.91 Å². The van der Waals surface area contributed by atoms with Crippen molar-refractivity contribution in [1.82, 2.24) is 15.4 Å². The minimum Gasteiger partial charge on any atom is -0.480 e. The lowest BCUT2D eigenvalue weighted by atomic mass is 10.1. The van der Waals surface area contributed by atoms with Gasteiger partial charge in [0, 0.05) is 34.0 Å². The SMILES string of the molecule is N=C(N)c1ccc2oc(C(=O)NCCC(=O)NC[C@H](NS(=O)(=O)c3ccc(I)cc3)C(=O)O)cc2c1. The fourth-order valence-corrected chi connectivity index (χ4v) is 4.60. The third-order valence-electron chi connectivity index (χ3n) is 4.91. The van der Waals surface area contributed by atoms with Crippen LogP contribution in [0, 0.1) is 8.98 Å². The zero-order valence-electron chi connectivity index (χ0n) is 18.6. The number of carboxylic acid groups (broad SMARTS) is 1. The van der Waals surface area contributed by atoms with Crippen LogP contribution < -0.4 is 21.1 Å². The molecular formula is C22H22IN5O7S. The normalized spacial score (nSPS) is 12.1. The monoisotopic (exact) mass is 627 g/mol. The minimum atomic E-state index is -4.12. The largest absolute Gasteiger partial charge is 0.480 e. The van der Waals surface area contributed by atoms with E-state index in [4.69, 9.17) is 15.6 Å². The number of carbonyl (C=O) groups is 3. The third-order valence-corrected chi connectivity index (χ3v) is 7.12. The van der Waals surface area contributed by atoms with Crippen LogP contribution in [0.1, 0.15) is 22.5 Å². The average molecular weight is 627 g/mol. The lowest BCUT2D eigenvalue weighted by Gasteiger charge is -2.16. The van der Waals surface area contributed by atoms with Gasteiger partial charge in [0.2, 0.25) is 15.9 Å². The van der Waals surface area contributed by atoms with Crippen LogP contribution in [0.5, 0.6) is 0 Å². The first-order valence-electron chi connectivity index (χ1n) is 10.4. The Labute approximate surface area is 219 Å². The van der Waals surface area contributed by atoms with Gasteiger partial charge in [-0.2, -0.15) is 4.72 Å². The maximum atomic E-state index is 12.4. The zero-order valence-corrected chi connectivity index (χ0v) is 21.6. The highest BCUT2D eigenvalue weighted by Crippen LogP contribution is 2.20. The number of sulfonamides is 1. The number of aliphatic carboxylic acids is 1. The summed E-state index contributed by atoms with van der Waals surface area (Å²) in [5.74, 6) is -2.75. The number of carboxylic acids is 1. The molecular weight excluding hydrogens is 605 g/mol. The zero-order chi connectivity index (χ0) is 26.5. The second-order valence-corrected chi connectivity index (χ2v) is 10.5.